The molecule has 34 heavy (non-hydrogen) atoms. The number of Topliss-reactive ketones (excluding diaryl/α,β-unsaturated/α-hetero) is 1. The van der Waals surface area contributed by atoms with E-state index in [4.69, 9.17) is 19.3 Å². The Hall–Kier alpha value is -3.04. The third kappa shape index (κ3) is 6.51. The highest BCUT2D eigenvalue weighted by Crippen LogP contribution is 2.36. The molecular formula is C25H32O9. The molecule has 0 saturated carbocycles. The fourth-order valence-corrected chi connectivity index (χ4v) is 3.78. The van der Waals surface area contributed by atoms with Gasteiger partial charge in [-0.2, -0.15) is 0 Å². The minimum absolute atomic E-state index is 0.109. The zero-order valence-electron chi connectivity index (χ0n) is 19.9. The van der Waals surface area contributed by atoms with Crippen molar-refractivity contribution in [2.75, 3.05) is 13.2 Å². The zero-order valence-corrected chi connectivity index (χ0v) is 19.9. The lowest BCUT2D eigenvalue weighted by atomic mass is 9.85. The van der Waals surface area contributed by atoms with Crippen LogP contribution in [0.4, 0.5) is 0 Å². The molecule has 0 aromatic rings. The van der Waals surface area contributed by atoms with E-state index in [1.165, 1.54) is 0 Å². The molecule has 2 N–H and O–H groups in total. The van der Waals surface area contributed by atoms with Gasteiger partial charge in [-0.15, -0.1) is 0 Å². The van der Waals surface area contributed by atoms with Crippen molar-refractivity contribution in [3.63, 3.8) is 0 Å². The van der Waals surface area contributed by atoms with Gasteiger partial charge in [-0.05, 0) is 31.6 Å². The predicted molar refractivity (Wildman–Crippen MR) is 121 cm³/mol. The largest absolute Gasteiger partial charge is 0.458 e. The van der Waals surface area contributed by atoms with Gasteiger partial charge in [0.05, 0.1) is 24.7 Å². The van der Waals surface area contributed by atoms with Gasteiger partial charge in [0.25, 0.3) is 0 Å². The van der Waals surface area contributed by atoms with Crippen LogP contribution in [0.25, 0.3) is 0 Å². The third-order valence-corrected chi connectivity index (χ3v) is 5.80. The quantitative estimate of drug-likeness (QED) is 0.185. The predicted octanol–water partition coefficient (Wildman–Crippen LogP) is 1.73. The summed E-state index contributed by atoms with van der Waals surface area (Å²) in [6.07, 6.45) is 2.64. The Morgan fingerprint density at radius 1 is 1.21 bits per heavy atom. The fraction of sp³-hybridized carbons (Fsp3) is 0.520. The van der Waals surface area contributed by atoms with E-state index < -0.39 is 67.1 Å². The lowest BCUT2D eigenvalue weighted by Gasteiger charge is -2.28. The molecule has 0 unspecified atom stereocenters. The van der Waals surface area contributed by atoms with Crippen molar-refractivity contribution >= 4 is 23.7 Å². The average Bonchev–Trinajstić information content (AvgIpc) is 3.05. The SMILES string of the molecule is C=C1C(=O)O[C@H]2/C=C(/C)[C@@H](OC(=O)C(=O)C(C)C)C/C=C(\C)C[C@@H](OC(=O)/C(=C/CO)CO)[C@H]12. The van der Waals surface area contributed by atoms with E-state index in [0.717, 1.165) is 11.6 Å². The van der Waals surface area contributed by atoms with Gasteiger partial charge in [-0.3, -0.25) is 4.79 Å². The highest BCUT2D eigenvalue weighted by atomic mass is 16.6. The van der Waals surface area contributed by atoms with Crippen LogP contribution in [0.2, 0.25) is 0 Å². The lowest BCUT2D eigenvalue weighted by molar-refractivity contribution is -0.158. The van der Waals surface area contributed by atoms with Crippen LogP contribution in [-0.2, 0) is 33.4 Å². The van der Waals surface area contributed by atoms with Crippen LogP contribution in [0, 0.1) is 11.8 Å². The first-order valence-corrected chi connectivity index (χ1v) is 11.1. The maximum atomic E-state index is 12.6. The van der Waals surface area contributed by atoms with Crippen LogP contribution in [-0.4, -0.2) is 65.4 Å². The molecule has 2 aliphatic rings. The monoisotopic (exact) mass is 476 g/mol. The molecule has 9 heteroatoms. The maximum Gasteiger partial charge on any atom is 0.375 e. The fourth-order valence-electron chi connectivity index (χ4n) is 3.78. The molecule has 4 atom stereocenters. The van der Waals surface area contributed by atoms with E-state index in [1.807, 2.05) is 6.08 Å². The Morgan fingerprint density at radius 2 is 1.88 bits per heavy atom. The normalized spacial score (nSPS) is 28.7. The van der Waals surface area contributed by atoms with Crippen LogP contribution in [0.5, 0.6) is 0 Å². The highest BCUT2D eigenvalue weighted by Gasteiger charge is 2.45. The molecule has 1 fully saturated rings. The van der Waals surface area contributed by atoms with Gasteiger partial charge in [0.1, 0.15) is 18.3 Å². The van der Waals surface area contributed by atoms with Gasteiger partial charge in [0.15, 0.2) is 0 Å². The standard InChI is InChI=1S/C25H32O9/c1-13(2)22(28)25(31)32-18-7-6-14(3)10-19(34-24(30)17(12-27)8-9-26)21-16(5)23(29)33-20(21)11-15(18)4/h6,8,11,13,18-21,26-27H,5,7,9-10,12H2,1-4H3/b14-6+,15-11-,17-8+/t18-,19+,20-,21-/m0/s1. The number of hydrogen-bond donors (Lipinski definition) is 2. The van der Waals surface area contributed by atoms with Crippen molar-refractivity contribution in [2.45, 2.75) is 58.8 Å². The molecule has 0 amide bonds. The summed E-state index contributed by atoms with van der Waals surface area (Å²) in [6, 6.07) is 0. The van der Waals surface area contributed by atoms with E-state index in [-0.39, 0.29) is 24.0 Å². The lowest BCUT2D eigenvalue weighted by Crippen LogP contribution is -2.35. The molecule has 186 valence electrons. The van der Waals surface area contributed by atoms with Gasteiger partial charge >= 0.3 is 17.9 Å². The summed E-state index contributed by atoms with van der Waals surface area (Å²) in [5.41, 5.74) is 1.36. The Bertz CT molecular complexity index is 938. The third-order valence-electron chi connectivity index (χ3n) is 5.80. The molecule has 0 radical (unpaired) electrons. The number of carbonyl (C=O) groups is 4. The van der Waals surface area contributed by atoms with Crippen LogP contribution < -0.4 is 0 Å². The Labute approximate surface area is 198 Å². The molecule has 0 spiro atoms. The molecule has 1 saturated heterocycles. The summed E-state index contributed by atoms with van der Waals surface area (Å²) >= 11 is 0. The zero-order chi connectivity index (χ0) is 25.6. The van der Waals surface area contributed by atoms with E-state index in [1.54, 1.807) is 33.8 Å². The van der Waals surface area contributed by atoms with E-state index >= 15 is 0 Å². The summed E-state index contributed by atoms with van der Waals surface area (Å²) in [5, 5.41) is 18.5. The number of rotatable bonds is 7. The molecule has 2 rings (SSSR count). The van der Waals surface area contributed by atoms with Crippen molar-refractivity contribution in [1.82, 2.24) is 0 Å². The molecule has 9 nitrogen and oxygen atoms in total. The van der Waals surface area contributed by atoms with Crippen molar-refractivity contribution < 1.29 is 43.6 Å². The van der Waals surface area contributed by atoms with Gasteiger partial charge in [0, 0.05) is 24.3 Å². The minimum atomic E-state index is -0.931. The second-order valence-corrected chi connectivity index (χ2v) is 8.75. The smallest absolute Gasteiger partial charge is 0.375 e. The Kier molecular flexibility index (Phi) is 9.52. The molecule has 0 aromatic carbocycles. The first-order chi connectivity index (χ1) is 16.0. The number of aliphatic hydroxyl groups excluding tert-OH is 2. The van der Waals surface area contributed by atoms with Crippen molar-refractivity contribution in [2.24, 2.45) is 11.8 Å². The van der Waals surface area contributed by atoms with Crippen LogP contribution in [0.1, 0.15) is 40.5 Å². The van der Waals surface area contributed by atoms with Crippen LogP contribution >= 0.6 is 0 Å². The van der Waals surface area contributed by atoms with Crippen molar-refractivity contribution in [1.29, 1.82) is 0 Å². The van der Waals surface area contributed by atoms with Gasteiger partial charge < -0.3 is 24.4 Å². The number of fused-ring (bicyclic) bond motifs is 1. The molecule has 1 aliphatic heterocycles. The molecule has 0 aromatic heterocycles. The van der Waals surface area contributed by atoms with Crippen LogP contribution in [0.15, 0.2) is 47.1 Å². The number of aliphatic hydroxyl groups is 2. The first kappa shape index (κ1) is 27.2. The van der Waals surface area contributed by atoms with Crippen LogP contribution in [0.3, 0.4) is 0 Å². The average molecular weight is 477 g/mol. The maximum absolute atomic E-state index is 12.6. The molecular weight excluding hydrogens is 444 g/mol. The molecule has 1 aliphatic carbocycles. The van der Waals surface area contributed by atoms with E-state index in [9.17, 15) is 24.3 Å². The summed E-state index contributed by atoms with van der Waals surface area (Å²) in [4.78, 5) is 49.2. The summed E-state index contributed by atoms with van der Waals surface area (Å²) in [7, 11) is 0. The highest BCUT2D eigenvalue weighted by molar-refractivity contribution is 6.34. The van der Waals surface area contributed by atoms with Crippen molar-refractivity contribution in [3.05, 3.63) is 47.1 Å². The number of hydrogen-bond acceptors (Lipinski definition) is 9. The van der Waals surface area contributed by atoms with Gasteiger partial charge in [-0.25, -0.2) is 14.4 Å². The first-order valence-electron chi connectivity index (χ1n) is 11.1. The molecule has 0 bridgehead atoms. The Balaban J connectivity index is 2.40. The van der Waals surface area contributed by atoms with Gasteiger partial charge in [0.2, 0.25) is 5.78 Å². The summed E-state index contributed by atoms with van der Waals surface area (Å²) in [5.74, 6) is -4.26. The minimum Gasteiger partial charge on any atom is -0.458 e. The number of ketones is 1. The van der Waals surface area contributed by atoms with Crippen molar-refractivity contribution in [3.8, 4) is 0 Å². The van der Waals surface area contributed by atoms with E-state index in [0.29, 0.717) is 5.57 Å². The number of carbonyl (C=O) groups excluding carboxylic acids is 4. The number of ether oxygens (including phenoxy) is 3. The number of esters is 3. The topological polar surface area (TPSA) is 136 Å². The summed E-state index contributed by atoms with van der Waals surface area (Å²) < 4.78 is 16.6. The van der Waals surface area contributed by atoms with Gasteiger partial charge in [-0.1, -0.05) is 32.1 Å². The second-order valence-electron chi connectivity index (χ2n) is 8.75. The summed E-state index contributed by atoms with van der Waals surface area (Å²) in [6.45, 7) is 9.46. The Morgan fingerprint density at radius 3 is 2.47 bits per heavy atom. The van der Waals surface area contributed by atoms with E-state index in [2.05, 4.69) is 6.58 Å². The molecule has 1 heterocycles. The second kappa shape index (κ2) is 11.9.